The molecule has 0 saturated heterocycles. The van der Waals surface area contributed by atoms with E-state index in [1.807, 2.05) is 39.1 Å². The molecule has 5 nitrogen and oxygen atoms in total. The normalized spacial score (nSPS) is 13.4. The lowest BCUT2D eigenvalue weighted by molar-refractivity contribution is -0.125. The smallest absolute Gasteiger partial charge is 0.224 e. The van der Waals surface area contributed by atoms with Gasteiger partial charge in [0.15, 0.2) is 11.5 Å². The van der Waals surface area contributed by atoms with E-state index >= 15 is 0 Å². The van der Waals surface area contributed by atoms with Gasteiger partial charge < -0.3 is 20.1 Å². The molecule has 20 heavy (non-hydrogen) atoms. The molecule has 0 aliphatic heterocycles. The Kier molecular flexibility index (Phi) is 6.31. The topological polar surface area (TPSA) is 59.6 Å². The van der Waals surface area contributed by atoms with E-state index in [0.717, 1.165) is 5.56 Å². The van der Waals surface area contributed by atoms with Gasteiger partial charge in [-0.2, -0.15) is 0 Å². The number of hydrogen-bond acceptors (Lipinski definition) is 4. The first-order valence-electron chi connectivity index (χ1n) is 6.70. The summed E-state index contributed by atoms with van der Waals surface area (Å²) >= 11 is 0. The number of methoxy groups -OCH3 is 2. The molecule has 2 N–H and O–H groups in total. The maximum Gasteiger partial charge on any atom is 0.224 e. The van der Waals surface area contributed by atoms with Crippen LogP contribution in [0, 0.1) is 5.92 Å². The van der Waals surface area contributed by atoms with E-state index < -0.39 is 0 Å². The van der Waals surface area contributed by atoms with Gasteiger partial charge in [0, 0.05) is 12.5 Å². The van der Waals surface area contributed by atoms with E-state index in [2.05, 4.69) is 10.6 Å². The van der Waals surface area contributed by atoms with Crippen LogP contribution in [0.1, 0.15) is 25.5 Å². The minimum Gasteiger partial charge on any atom is -0.493 e. The van der Waals surface area contributed by atoms with Crippen LogP contribution in [-0.4, -0.2) is 33.7 Å². The van der Waals surface area contributed by atoms with E-state index in [4.69, 9.17) is 9.47 Å². The second-order valence-electron chi connectivity index (χ2n) is 4.80. The molecule has 0 radical (unpaired) electrons. The van der Waals surface area contributed by atoms with Crippen LogP contribution in [0.3, 0.4) is 0 Å². The van der Waals surface area contributed by atoms with Crippen molar-refractivity contribution in [1.29, 1.82) is 0 Å². The van der Waals surface area contributed by atoms with Gasteiger partial charge in [-0.15, -0.1) is 0 Å². The van der Waals surface area contributed by atoms with Crippen LogP contribution < -0.4 is 20.1 Å². The fraction of sp³-hybridized carbons (Fsp3) is 0.533. The summed E-state index contributed by atoms with van der Waals surface area (Å²) in [4.78, 5) is 12.0. The molecule has 0 saturated carbocycles. The van der Waals surface area contributed by atoms with Crippen LogP contribution in [0.25, 0.3) is 0 Å². The van der Waals surface area contributed by atoms with Crippen molar-refractivity contribution in [3.8, 4) is 11.5 Å². The summed E-state index contributed by atoms with van der Waals surface area (Å²) in [7, 11) is 5.03. The first-order chi connectivity index (χ1) is 9.53. The lowest BCUT2D eigenvalue weighted by Gasteiger charge is -2.19. The van der Waals surface area contributed by atoms with Crippen molar-refractivity contribution in [2.45, 2.75) is 19.9 Å². The standard InChI is InChI=1S/C15H24N2O3/c1-10(9-16-3)15(18)17-11(2)12-6-7-13(19-4)14(8-12)20-5/h6-8,10-11,16H,9H2,1-5H3,(H,17,18). The summed E-state index contributed by atoms with van der Waals surface area (Å²) in [6.07, 6.45) is 0. The zero-order valence-corrected chi connectivity index (χ0v) is 12.8. The number of ether oxygens (including phenoxy) is 2. The highest BCUT2D eigenvalue weighted by atomic mass is 16.5. The number of hydrogen-bond donors (Lipinski definition) is 2. The minimum atomic E-state index is -0.0818. The van der Waals surface area contributed by atoms with Crippen LogP contribution in [0.15, 0.2) is 18.2 Å². The Morgan fingerprint density at radius 2 is 1.85 bits per heavy atom. The molecule has 1 aromatic carbocycles. The van der Waals surface area contributed by atoms with E-state index in [1.54, 1.807) is 14.2 Å². The molecule has 1 aromatic rings. The Morgan fingerprint density at radius 3 is 2.40 bits per heavy atom. The van der Waals surface area contributed by atoms with Gasteiger partial charge in [0.25, 0.3) is 0 Å². The van der Waals surface area contributed by atoms with Gasteiger partial charge >= 0.3 is 0 Å². The van der Waals surface area contributed by atoms with Crippen LogP contribution >= 0.6 is 0 Å². The molecule has 0 bridgehead atoms. The molecule has 2 atom stereocenters. The van der Waals surface area contributed by atoms with Crippen molar-refractivity contribution in [1.82, 2.24) is 10.6 Å². The number of nitrogens with one attached hydrogen (secondary N) is 2. The Hall–Kier alpha value is -1.75. The van der Waals surface area contributed by atoms with E-state index in [-0.39, 0.29) is 17.9 Å². The molecule has 0 aromatic heterocycles. The molecule has 112 valence electrons. The van der Waals surface area contributed by atoms with Crippen LogP contribution in [0.4, 0.5) is 0 Å². The fourth-order valence-corrected chi connectivity index (χ4v) is 1.96. The van der Waals surface area contributed by atoms with Gasteiger partial charge in [-0.1, -0.05) is 13.0 Å². The first-order valence-corrected chi connectivity index (χ1v) is 6.70. The highest BCUT2D eigenvalue weighted by Gasteiger charge is 2.16. The van der Waals surface area contributed by atoms with E-state index in [9.17, 15) is 4.79 Å². The maximum absolute atomic E-state index is 12.0. The zero-order valence-electron chi connectivity index (χ0n) is 12.8. The lowest BCUT2D eigenvalue weighted by atomic mass is 10.1. The third-order valence-corrected chi connectivity index (χ3v) is 3.22. The van der Waals surface area contributed by atoms with Gasteiger partial charge in [0.1, 0.15) is 0 Å². The Bertz CT molecular complexity index is 449. The van der Waals surface area contributed by atoms with Crippen LogP contribution in [-0.2, 0) is 4.79 Å². The molecule has 0 spiro atoms. The van der Waals surface area contributed by atoms with Gasteiger partial charge in [-0.25, -0.2) is 0 Å². The number of rotatable bonds is 7. The largest absolute Gasteiger partial charge is 0.493 e. The summed E-state index contributed by atoms with van der Waals surface area (Å²) < 4.78 is 10.5. The number of amides is 1. The molecular weight excluding hydrogens is 256 g/mol. The average Bonchev–Trinajstić information content (AvgIpc) is 2.46. The van der Waals surface area contributed by atoms with Gasteiger partial charge in [-0.05, 0) is 31.7 Å². The predicted molar refractivity (Wildman–Crippen MR) is 79.2 cm³/mol. The fourth-order valence-electron chi connectivity index (χ4n) is 1.96. The van der Waals surface area contributed by atoms with Crippen molar-refractivity contribution < 1.29 is 14.3 Å². The first kappa shape index (κ1) is 16.3. The summed E-state index contributed by atoms with van der Waals surface area (Å²) in [5, 5.41) is 5.99. The third kappa shape index (κ3) is 4.13. The van der Waals surface area contributed by atoms with Crippen molar-refractivity contribution in [2.75, 3.05) is 27.8 Å². The number of carbonyl (C=O) groups excluding carboxylic acids is 1. The second kappa shape index (κ2) is 7.75. The summed E-state index contributed by atoms with van der Waals surface area (Å²) in [6.45, 7) is 4.50. The van der Waals surface area contributed by atoms with Crippen molar-refractivity contribution in [3.63, 3.8) is 0 Å². The summed E-state index contributed by atoms with van der Waals surface area (Å²) in [5.74, 6) is 1.30. The quantitative estimate of drug-likeness (QED) is 0.798. The molecule has 0 aliphatic carbocycles. The average molecular weight is 280 g/mol. The molecule has 2 unspecified atom stereocenters. The van der Waals surface area contributed by atoms with E-state index in [0.29, 0.717) is 18.0 Å². The Labute approximate surface area is 120 Å². The SMILES string of the molecule is CNCC(C)C(=O)NC(C)c1ccc(OC)c(OC)c1. The van der Waals surface area contributed by atoms with Gasteiger partial charge in [0.2, 0.25) is 5.91 Å². The van der Waals surface area contributed by atoms with Crippen LogP contribution in [0.5, 0.6) is 11.5 Å². The van der Waals surface area contributed by atoms with E-state index in [1.165, 1.54) is 0 Å². The predicted octanol–water partition coefficient (Wildman–Crippen LogP) is 1.74. The third-order valence-electron chi connectivity index (χ3n) is 3.22. The molecule has 1 amide bonds. The molecule has 0 fully saturated rings. The van der Waals surface area contributed by atoms with Gasteiger partial charge in [-0.3, -0.25) is 4.79 Å². The second-order valence-corrected chi connectivity index (χ2v) is 4.80. The van der Waals surface area contributed by atoms with Crippen molar-refractivity contribution >= 4 is 5.91 Å². The zero-order chi connectivity index (χ0) is 15.1. The summed E-state index contributed by atoms with van der Waals surface area (Å²) in [5.41, 5.74) is 0.979. The monoisotopic (exact) mass is 280 g/mol. The molecule has 1 rings (SSSR count). The lowest BCUT2D eigenvalue weighted by Crippen LogP contribution is -2.35. The minimum absolute atomic E-state index is 0.0293. The maximum atomic E-state index is 12.0. The Balaban J connectivity index is 2.77. The number of carbonyl (C=O) groups is 1. The Morgan fingerprint density at radius 1 is 1.20 bits per heavy atom. The highest BCUT2D eigenvalue weighted by Crippen LogP contribution is 2.29. The summed E-state index contributed by atoms with van der Waals surface area (Å²) in [6, 6.07) is 5.57. The van der Waals surface area contributed by atoms with Gasteiger partial charge in [0.05, 0.1) is 20.3 Å². The molecule has 5 heteroatoms. The van der Waals surface area contributed by atoms with Crippen LogP contribution in [0.2, 0.25) is 0 Å². The van der Waals surface area contributed by atoms with Crippen molar-refractivity contribution in [3.05, 3.63) is 23.8 Å². The highest BCUT2D eigenvalue weighted by molar-refractivity contribution is 5.79. The number of benzene rings is 1. The van der Waals surface area contributed by atoms with Crippen molar-refractivity contribution in [2.24, 2.45) is 5.92 Å². The molecule has 0 aliphatic rings. The molecule has 0 heterocycles. The molecular formula is C15H24N2O3.